The van der Waals surface area contributed by atoms with Crippen LogP contribution in [0.1, 0.15) is 44.1 Å². The molecular weight excluding hydrogens is 252 g/mol. The van der Waals surface area contributed by atoms with Crippen LogP contribution < -0.4 is 0 Å². The summed E-state index contributed by atoms with van der Waals surface area (Å²) < 4.78 is 10.6. The highest BCUT2D eigenvalue weighted by atomic mass is 16.6. The Balaban J connectivity index is 2.19. The van der Waals surface area contributed by atoms with Crippen LogP contribution in [0.15, 0.2) is 42.2 Å². The van der Waals surface area contributed by atoms with E-state index in [0.717, 1.165) is 25.7 Å². The lowest BCUT2D eigenvalue weighted by Crippen LogP contribution is -2.25. The minimum absolute atomic E-state index is 0.0965. The third-order valence-electron chi connectivity index (χ3n) is 3.66. The van der Waals surface area contributed by atoms with E-state index in [0.29, 0.717) is 5.76 Å². The quantitative estimate of drug-likeness (QED) is 0.766. The summed E-state index contributed by atoms with van der Waals surface area (Å²) in [6.07, 6.45) is 6.13. The molecule has 1 aliphatic heterocycles. The molecule has 108 valence electrons. The minimum Gasteiger partial charge on any atom is -0.483 e. The Morgan fingerprint density at radius 2 is 2.10 bits per heavy atom. The van der Waals surface area contributed by atoms with Crippen molar-refractivity contribution in [2.45, 2.75) is 44.6 Å². The van der Waals surface area contributed by atoms with Crippen LogP contribution in [-0.2, 0) is 14.3 Å². The monoisotopic (exact) mass is 274 g/mol. The number of methoxy groups -OCH3 is 1. The minimum atomic E-state index is -0.382. The molecule has 0 N–H and O–H groups in total. The predicted molar refractivity (Wildman–Crippen MR) is 78.3 cm³/mol. The van der Waals surface area contributed by atoms with Crippen molar-refractivity contribution >= 4 is 5.97 Å². The zero-order chi connectivity index (χ0) is 14.4. The summed E-state index contributed by atoms with van der Waals surface area (Å²) in [6.45, 7) is 2.16. The third-order valence-corrected chi connectivity index (χ3v) is 3.66. The summed E-state index contributed by atoms with van der Waals surface area (Å²) in [5.41, 5.74) is 1.22. The zero-order valence-electron chi connectivity index (χ0n) is 12.2. The molecule has 1 aromatic carbocycles. The third kappa shape index (κ3) is 3.62. The number of esters is 1. The van der Waals surface area contributed by atoms with Crippen molar-refractivity contribution in [2.24, 2.45) is 0 Å². The Morgan fingerprint density at radius 3 is 2.75 bits per heavy atom. The van der Waals surface area contributed by atoms with E-state index in [9.17, 15) is 4.79 Å². The SMILES string of the molecule is CCCCC1CC(c2ccccc2)C=C(C(=O)OC)O1. The number of hydrogen-bond donors (Lipinski definition) is 0. The molecule has 0 fully saturated rings. The smallest absolute Gasteiger partial charge is 0.373 e. The lowest BCUT2D eigenvalue weighted by atomic mass is 9.89. The van der Waals surface area contributed by atoms with Crippen molar-refractivity contribution in [1.82, 2.24) is 0 Å². The van der Waals surface area contributed by atoms with Gasteiger partial charge in [-0.2, -0.15) is 0 Å². The summed E-state index contributed by atoms with van der Waals surface area (Å²) in [5, 5.41) is 0. The van der Waals surface area contributed by atoms with E-state index in [-0.39, 0.29) is 18.0 Å². The second-order valence-electron chi connectivity index (χ2n) is 5.16. The molecule has 0 aromatic heterocycles. The molecule has 3 heteroatoms. The van der Waals surface area contributed by atoms with Gasteiger partial charge in [-0.1, -0.05) is 50.1 Å². The van der Waals surface area contributed by atoms with Gasteiger partial charge in [0.05, 0.1) is 13.2 Å². The summed E-state index contributed by atoms with van der Waals surface area (Å²) >= 11 is 0. The topological polar surface area (TPSA) is 35.5 Å². The van der Waals surface area contributed by atoms with Gasteiger partial charge in [0.25, 0.3) is 0 Å². The lowest BCUT2D eigenvalue weighted by Gasteiger charge is -2.29. The summed E-state index contributed by atoms with van der Waals surface area (Å²) in [4.78, 5) is 11.7. The van der Waals surface area contributed by atoms with Crippen LogP contribution in [-0.4, -0.2) is 19.2 Å². The van der Waals surface area contributed by atoms with Crippen LogP contribution in [0.2, 0.25) is 0 Å². The molecule has 0 saturated heterocycles. The standard InChI is InChI=1S/C17H22O3/c1-3-4-10-15-11-14(13-8-6-5-7-9-13)12-16(20-15)17(18)19-2/h5-9,12,14-15H,3-4,10-11H2,1-2H3. The fourth-order valence-corrected chi connectivity index (χ4v) is 2.56. The average molecular weight is 274 g/mol. The van der Waals surface area contributed by atoms with Gasteiger partial charge in [-0.3, -0.25) is 0 Å². The van der Waals surface area contributed by atoms with Gasteiger partial charge in [0.15, 0.2) is 0 Å². The second-order valence-corrected chi connectivity index (χ2v) is 5.16. The molecule has 0 radical (unpaired) electrons. The van der Waals surface area contributed by atoms with Crippen molar-refractivity contribution in [3.8, 4) is 0 Å². The van der Waals surface area contributed by atoms with Crippen LogP contribution in [0.3, 0.4) is 0 Å². The normalized spacial score (nSPS) is 21.8. The fraction of sp³-hybridized carbons (Fsp3) is 0.471. The molecule has 0 aliphatic carbocycles. The zero-order valence-corrected chi connectivity index (χ0v) is 12.2. The first-order valence-corrected chi connectivity index (χ1v) is 7.26. The van der Waals surface area contributed by atoms with E-state index in [1.807, 2.05) is 24.3 Å². The van der Waals surface area contributed by atoms with Gasteiger partial charge >= 0.3 is 5.97 Å². The summed E-state index contributed by atoms with van der Waals surface area (Å²) in [7, 11) is 1.39. The van der Waals surface area contributed by atoms with Crippen LogP contribution in [0.25, 0.3) is 0 Å². The van der Waals surface area contributed by atoms with Crippen LogP contribution in [0, 0.1) is 0 Å². The molecule has 2 unspecified atom stereocenters. The second kappa shape index (κ2) is 7.13. The lowest BCUT2D eigenvalue weighted by molar-refractivity contribution is -0.142. The van der Waals surface area contributed by atoms with E-state index < -0.39 is 0 Å². The van der Waals surface area contributed by atoms with E-state index in [2.05, 4.69) is 19.1 Å². The Labute approximate surface area is 120 Å². The van der Waals surface area contributed by atoms with Crippen LogP contribution >= 0.6 is 0 Å². The Kier molecular flexibility index (Phi) is 5.22. The molecule has 0 spiro atoms. The first-order chi connectivity index (χ1) is 9.74. The van der Waals surface area contributed by atoms with E-state index in [1.165, 1.54) is 12.7 Å². The highest BCUT2D eigenvalue weighted by molar-refractivity contribution is 5.86. The Bertz CT molecular complexity index is 464. The number of ether oxygens (including phenoxy) is 2. The van der Waals surface area contributed by atoms with Gasteiger partial charge in [0.1, 0.15) is 0 Å². The maximum Gasteiger partial charge on any atom is 0.373 e. The molecule has 0 saturated carbocycles. The van der Waals surface area contributed by atoms with E-state index >= 15 is 0 Å². The van der Waals surface area contributed by atoms with E-state index in [4.69, 9.17) is 9.47 Å². The molecular formula is C17H22O3. The molecule has 2 rings (SSSR count). The van der Waals surface area contributed by atoms with Crippen molar-refractivity contribution in [1.29, 1.82) is 0 Å². The summed E-state index contributed by atoms with van der Waals surface area (Å²) in [6, 6.07) is 10.2. The van der Waals surface area contributed by atoms with Gasteiger partial charge in [-0.25, -0.2) is 4.79 Å². The van der Waals surface area contributed by atoms with Crippen LogP contribution in [0.5, 0.6) is 0 Å². The first kappa shape index (κ1) is 14.6. The fourth-order valence-electron chi connectivity index (χ4n) is 2.56. The molecule has 2 atom stereocenters. The number of benzene rings is 1. The number of carbonyl (C=O) groups is 1. The number of allylic oxidation sites excluding steroid dienone is 1. The summed E-state index contributed by atoms with van der Waals surface area (Å²) in [5.74, 6) is 0.196. The molecule has 3 nitrogen and oxygen atoms in total. The number of hydrogen-bond acceptors (Lipinski definition) is 3. The van der Waals surface area contributed by atoms with Crippen molar-refractivity contribution in [3.63, 3.8) is 0 Å². The Morgan fingerprint density at radius 1 is 1.35 bits per heavy atom. The van der Waals surface area contributed by atoms with Crippen molar-refractivity contribution in [3.05, 3.63) is 47.7 Å². The highest BCUT2D eigenvalue weighted by Gasteiger charge is 2.28. The average Bonchev–Trinajstić information content (AvgIpc) is 2.52. The maximum absolute atomic E-state index is 11.7. The number of carbonyl (C=O) groups excluding carboxylic acids is 1. The van der Waals surface area contributed by atoms with Gasteiger partial charge in [0.2, 0.25) is 5.76 Å². The largest absolute Gasteiger partial charge is 0.483 e. The molecule has 0 bridgehead atoms. The van der Waals surface area contributed by atoms with Crippen molar-refractivity contribution in [2.75, 3.05) is 7.11 Å². The molecule has 20 heavy (non-hydrogen) atoms. The molecule has 1 heterocycles. The number of unbranched alkanes of at least 4 members (excludes halogenated alkanes) is 1. The van der Waals surface area contributed by atoms with Gasteiger partial charge < -0.3 is 9.47 Å². The Hall–Kier alpha value is -1.77. The highest BCUT2D eigenvalue weighted by Crippen LogP contribution is 2.32. The maximum atomic E-state index is 11.7. The van der Waals surface area contributed by atoms with Gasteiger partial charge in [-0.05, 0) is 24.5 Å². The first-order valence-electron chi connectivity index (χ1n) is 7.26. The molecule has 1 aromatic rings. The predicted octanol–water partition coefficient (Wildman–Crippen LogP) is 3.81. The number of rotatable bonds is 5. The molecule has 1 aliphatic rings. The van der Waals surface area contributed by atoms with Crippen LogP contribution in [0.4, 0.5) is 0 Å². The van der Waals surface area contributed by atoms with E-state index in [1.54, 1.807) is 0 Å². The molecule has 0 amide bonds. The van der Waals surface area contributed by atoms with Gasteiger partial charge in [0, 0.05) is 5.92 Å². The van der Waals surface area contributed by atoms with Gasteiger partial charge in [-0.15, -0.1) is 0 Å². The van der Waals surface area contributed by atoms with Crippen molar-refractivity contribution < 1.29 is 14.3 Å².